The summed E-state index contributed by atoms with van der Waals surface area (Å²) in [6.45, 7) is 4.94. The highest BCUT2D eigenvalue weighted by molar-refractivity contribution is 7.92. The van der Waals surface area contributed by atoms with Crippen molar-refractivity contribution in [1.29, 1.82) is 0 Å². The molecule has 0 aromatic heterocycles. The van der Waals surface area contributed by atoms with Gasteiger partial charge in [-0.05, 0) is 86.7 Å². The summed E-state index contributed by atoms with van der Waals surface area (Å²) in [5, 5.41) is 3.09. The van der Waals surface area contributed by atoms with Crippen LogP contribution in [0.4, 0.5) is 5.69 Å². The van der Waals surface area contributed by atoms with E-state index in [1.807, 2.05) is 32.0 Å². The van der Waals surface area contributed by atoms with Crippen LogP contribution in [0.5, 0.6) is 17.2 Å². The Labute approximate surface area is 266 Å². The van der Waals surface area contributed by atoms with Crippen LogP contribution in [0.25, 0.3) is 0 Å². The van der Waals surface area contributed by atoms with E-state index >= 15 is 0 Å². The van der Waals surface area contributed by atoms with Gasteiger partial charge in [-0.1, -0.05) is 31.0 Å². The molecule has 10 nitrogen and oxygen atoms in total. The first kappa shape index (κ1) is 33.6. The Morgan fingerprint density at radius 2 is 1.56 bits per heavy atom. The fourth-order valence-electron chi connectivity index (χ4n) is 5.67. The fourth-order valence-corrected chi connectivity index (χ4v) is 7.08. The third-order valence-electron chi connectivity index (χ3n) is 8.07. The van der Waals surface area contributed by atoms with E-state index in [0.29, 0.717) is 17.2 Å². The van der Waals surface area contributed by atoms with Crippen LogP contribution < -0.4 is 23.8 Å². The molecule has 0 radical (unpaired) electrons. The SMILES string of the molecule is COc1cccc(CN(C(=O)CN(c2cc(C)cc(C)c2)S(=O)(=O)c2ccc(OC)c(OC)c2)[C@H](C)C(=O)NC2CCCC2)c1. The highest BCUT2D eigenvalue weighted by Crippen LogP contribution is 2.33. The molecular weight excluding hydrogens is 594 g/mol. The van der Waals surface area contributed by atoms with E-state index in [0.717, 1.165) is 46.7 Å². The minimum Gasteiger partial charge on any atom is -0.497 e. The largest absolute Gasteiger partial charge is 0.497 e. The van der Waals surface area contributed by atoms with E-state index in [2.05, 4.69) is 5.32 Å². The number of nitrogens with zero attached hydrogens (tertiary/aromatic N) is 2. The quantitative estimate of drug-likeness (QED) is 0.281. The molecule has 0 spiro atoms. The van der Waals surface area contributed by atoms with Gasteiger partial charge in [-0.3, -0.25) is 13.9 Å². The lowest BCUT2D eigenvalue weighted by Crippen LogP contribution is -2.52. The number of hydrogen-bond donors (Lipinski definition) is 1. The van der Waals surface area contributed by atoms with Crippen molar-refractivity contribution in [2.75, 3.05) is 32.2 Å². The molecule has 0 aliphatic heterocycles. The molecule has 1 fully saturated rings. The highest BCUT2D eigenvalue weighted by Gasteiger charge is 2.34. The van der Waals surface area contributed by atoms with E-state index in [-0.39, 0.29) is 29.1 Å². The van der Waals surface area contributed by atoms with Crippen molar-refractivity contribution in [1.82, 2.24) is 10.2 Å². The summed E-state index contributed by atoms with van der Waals surface area (Å²) in [7, 11) is 0.154. The van der Waals surface area contributed by atoms with Gasteiger partial charge >= 0.3 is 0 Å². The third kappa shape index (κ3) is 8.08. The van der Waals surface area contributed by atoms with E-state index < -0.39 is 28.5 Å². The predicted octanol–water partition coefficient (Wildman–Crippen LogP) is 5.00. The number of carbonyl (C=O) groups excluding carboxylic acids is 2. The molecule has 3 aromatic rings. The summed E-state index contributed by atoms with van der Waals surface area (Å²) in [5.74, 6) is 0.406. The molecule has 0 unspecified atom stereocenters. The van der Waals surface area contributed by atoms with Crippen molar-refractivity contribution in [3.63, 3.8) is 0 Å². The maximum Gasteiger partial charge on any atom is 0.264 e. The molecular formula is C34H43N3O7S. The van der Waals surface area contributed by atoms with Crippen LogP contribution in [-0.2, 0) is 26.2 Å². The second-order valence-electron chi connectivity index (χ2n) is 11.4. The zero-order chi connectivity index (χ0) is 32.7. The Kier molecular flexibility index (Phi) is 11.0. The van der Waals surface area contributed by atoms with Gasteiger partial charge < -0.3 is 24.4 Å². The Morgan fingerprint density at radius 3 is 2.18 bits per heavy atom. The Balaban J connectivity index is 1.75. The normalized spacial score (nSPS) is 14.0. The predicted molar refractivity (Wildman–Crippen MR) is 173 cm³/mol. The first-order chi connectivity index (χ1) is 21.5. The van der Waals surface area contributed by atoms with E-state index in [1.54, 1.807) is 38.3 Å². The van der Waals surface area contributed by atoms with Crippen LogP contribution in [0, 0.1) is 13.8 Å². The van der Waals surface area contributed by atoms with E-state index in [9.17, 15) is 18.0 Å². The Hall–Kier alpha value is -4.25. The van der Waals surface area contributed by atoms with Crippen LogP contribution in [0.1, 0.15) is 49.3 Å². The van der Waals surface area contributed by atoms with Crippen molar-refractivity contribution in [2.45, 2.75) is 70.0 Å². The maximum atomic E-state index is 14.3. The molecule has 1 aliphatic carbocycles. The molecule has 11 heteroatoms. The first-order valence-electron chi connectivity index (χ1n) is 15.0. The molecule has 4 rings (SSSR count). The van der Waals surface area contributed by atoms with Crippen molar-refractivity contribution < 1.29 is 32.2 Å². The van der Waals surface area contributed by atoms with E-state index in [4.69, 9.17) is 14.2 Å². The van der Waals surface area contributed by atoms with Crippen molar-refractivity contribution in [2.24, 2.45) is 0 Å². The van der Waals surface area contributed by atoms with Gasteiger partial charge in [0.1, 0.15) is 18.3 Å². The van der Waals surface area contributed by atoms with Crippen LogP contribution in [-0.4, -0.2) is 65.1 Å². The minimum absolute atomic E-state index is 0.0610. The molecule has 1 atom stereocenters. The van der Waals surface area contributed by atoms with Gasteiger partial charge in [0, 0.05) is 18.7 Å². The topological polar surface area (TPSA) is 114 Å². The molecule has 0 bridgehead atoms. The van der Waals surface area contributed by atoms with Gasteiger partial charge in [0.05, 0.1) is 31.9 Å². The number of hydrogen-bond acceptors (Lipinski definition) is 7. The summed E-state index contributed by atoms with van der Waals surface area (Å²) in [6.07, 6.45) is 3.88. The second-order valence-corrected chi connectivity index (χ2v) is 13.3. The first-order valence-corrected chi connectivity index (χ1v) is 16.5. The van der Waals surface area contributed by atoms with Crippen LogP contribution in [0.15, 0.2) is 65.6 Å². The number of nitrogens with one attached hydrogen (secondary N) is 1. The summed E-state index contributed by atoms with van der Waals surface area (Å²) in [6, 6.07) is 16.1. The highest BCUT2D eigenvalue weighted by atomic mass is 32.2. The fraction of sp³-hybridized carbons (Fsp3) is 0.412. The zero-order valence-corrected chi connectivity index (χ0v) is 27.6. The monoisotopic (exact) mass is 637 g/mol. The van der Waals surface area contributed by atoms with Gasteiger partial charge in [-0.2, -0.15) is 0 Å². The molecule has 1 saturated carbocycles. The number of rotatable bonds is 13. The Bertz CT molecular complexity index is 1600. The summed E-state index contributed by atoms with van der Waals surface area (Å²) in [5.41, 5.74) is 2.74. The van der Waals surface area contributed by atoms with Gasteiger partial charge in [0.25, 0.3) is 10.0 Å². The van der Waals surface area contributed by atoms with Crippen LogP contribution in [0.3, 0.4) is 0 Å². The number of ether oxygens (including phenoxy) is 3. The molecule has 1 aliphatic rings. The lowest BCUT2D eigenvalue weighted by atomic mass is 10.1. The number of carbonyl (C=O) groups is 2. The van der Waals surface area contributed by atoms with Crippen LogP contribution in [0.2, 0.25) is 0 Å². The Morgan fingerprint density at radius 1 is 0.889 bits per heavy atom. The van der Waals surface area contributed by atoms with Crippen molar-refractivity contribution in [3.05, 3.63) is 77.4 Å². The van der Waals surface area contributed by atoms with Gasteiger partial charge in [-0.25, -0.2) is 8.42 Å². The molecule has 2 amide bonds. The summed E-state index contributed by atoms with van der Waals surface area (Å²) in [4.78, 5) is 29.1. The number of benzene rings is 3. The number of sulfonamides is 1. The van der Waals surface area contributed by atoms with Crippen LogP contribution >= 0.6 is 0 Å². The lowest BCUT2D eigenvalue weighted by Gasteiger charge is -2.32. The maximum absolute atomic E-state index is 14.3. The lowest BCUT2D eigenvalue weighted by molar-refractivity contribution is -0.139. The third-order valence-corrected chi connectivity index (χ3v) is 9.84. The van der Waals surface area contributed by atoms with Crippen molar-refractivity contribution in [3.8, 4) is 17.2 Å². The number of methoxy groups -OCH3 is 3. The molecule has 3 aromatic carbocycles. The summed E-state index contributed by atoms with van der Waals surface area (Å²) >= 11 is 0. The van der Waals surface area contributed by atoms with Crippen molar-refractivity contribution >= 4 is 27.5 Å². The molecule has 1 N–H and O–H groups in total. The molecule has 0 saturated heterocycles. The smallest absolute Gasteiger partial charge is 0.264 e. The average Bonchev–Trinajstić information content (AvgIpc) is 3.54. The number of anilines is 1. The van der Waals surface area contributed by atoms with E-state index in [1.165, 1.54) is 37.3 Å². The number of amides is 2. The van der Waals surface area contributed by atoms with Gasteiger partial charge in [0.2, 0.25) is 11.8 Å². The second kappa shape index (κ2) is 14.7. The zero-order valence-electron chi connectivity index (χ0n) is 26.8. The molecule has 0 heterocycles. The molecule has 242 valence electrons. The average molecular weight is 638 g/mol. The minimum atomic E-state index is -4.29. The van der Waals surface area contributed by atoms with Gasteiger partial charge in [-0.15, -0.1) is 0 Å². The standard InChI is InChI=1S/C34H43N3O7S/c1-23-16-24(2)18-28(17-23)37(45(40,41)30-14-15-31(43-5)32(20-30)44-6)22-33(38)36(21-26-10-9-13-29(19-26)42-4)25(3)34(39)35-27-11-7-8-12-27/h9-10,13-20,25,27H,7-8,11-12,21-22H2,1-6H3,(H,35,39)/t25-/m1/s1. The number of aryl methyl sites for hydroxylation is 2. The molecule has 45 heavy (non-hydrogen) atoms. The summed E-state index contributed by atoms with van der Waals surface area (Å²) < 4.78 is 45.8. The van der Waals surface area contributed by atoms with Gasteiger partial charge in [0.15, 0.2) is 11.5 Å².